The van der Waals surface area contributed by atoms with Crippen molar-refractivity contribution in [3.8, 4) is 11.6 Å². The molecule has 0 spiro atoms. The van der Waals surface area contributed by atoms with Crippen molar-refractivity contribution in [2.24, 2.45) is 0 Å². The van der Waals surface area contributed by atoms with E-state index in [9.17, 15) is 5.11 Å². The van der Waals surface area contributed by atoms with E-state index in [4.69, 9.17) is 4.74 Å². The first kappa shape index (κ1) is 14.0. The number of benzene rings is 2. The zero-order valence-corrected chi connectivity index (χ0v) is 13.1. The van der Waals surface area contributed by atoms with Gasteiger partial charge in [0.1, 0.15) is 5.75 Å². The fraction of sp³-hybridized carbons (Fsp3) is 0.118. The van der Waals surface area contributed by atoms with Crippen molar-refractivity contribution in [1.29, 1.82) is 0 Å². The van der Waals surface area contributed by atoms with Gasteiger partial charge in [-0.2, -0.15) is 0 Å². The Kier molecular flexibility index (Phi) is 3.90. The molecule has 3 aromatic rings. The van der Waals surface area contributed by atoms with Crippen LogP contribution in [0.3, 0.4) is 0 Å². The molecule has 0 amide bonds. The summed E-state index contributed by atoms with van der Waals surface area (Å²) in [6.45, 7) is 1.95. The first-order chi connectivity index (χ1) is 10.2. The van der Waals surface area contributed by atoms with E-state index in [0.717, 1.165) is 32.1 Å². The van der Waals surface area contributed by atoms with Gasteiger partial charge in [-0.25, -0.2) is 4.98 Å². The van der Waals surface area contributed by atoms with Crippen LogP contribution in [-0.4, -0.2) is 10.1 Å². The van der Waals surface area contributed by atoms with E-state index in [1.165, 1.54) is 0 Å². The van der Waals surface area contributed by atoms with Crippen LogP contribution in [0, 0.1) is 6.92 Å². The maximum atomic E-state index is 9.41. The molecule has 0 fully saturated rings. The summed E-state index contributed by atoms with van der Waals surface area (Å²) in [6, 6.07) is 13.7. The minimum atomic E-state index is -0.0380. The van der Waals surface area contributed by atoms with Crippen LogP contribution in [0.5, 0.6) is 11.6 Å². The van der Waals surface area contributed by atoms with E-state index in [-0.39, 0.29) is 6.61 Å². The standard InChI is InChI=1S/C17H14BrNO2/c1-11-6-7-13(18)8-16(11)21-17-15-5-3-2-4-14(15)12(10-20)9-19-17/h2-9,20H,10H2,1H3. The van der Waals surface area contributed by atoms with Gasteiger partial charge in [0.2, 0.25) is 5.88 Å². The van der Waals surface area contributed by atoms with Crippen LogP contribution in [0.1, 0.15) is 11.1 Å². The molecule has 1 N–H and O–H groups in total. The third kappa shape index (κ3) is 2.77. The predicted molar refractivity (Wildman–Crippen MR) is 86.6 cm³/mol. The topological polar surface area (TPSA) is 42.4 Å². The third-order valence-electron chi connectivity index (χ3n) is 3.37. The highest BCUT2D eigenvalue weighted by Crippen LogP contribution is 2.32. The van der Waals surface area contributed by atoms with Gasteiger partial charge >= 0.3 is 0 Å². The second-order valence-electron chi connectivity index (χ2n) is 4.80. The lowest BCUT2D eigenvalue weighted by atomic mass is 10.1. The van der Waals surface area contributed by atoms with Gasteiger partial charge in [-0.3, -0.25) is 0 Å². The predicted octanol–water partition coefficient (Wildman–Crippen LogP) is 4.59. The lowest BCUT2D eigenvalue weighted by molar-refractivity contribution is 0.282. The molecule has 2 aromatic carbocycles. The normalized spacial score (nSPS) is 10.8. The average molecular weight is 344 g/mol. The quantitative estimate of drug-likeness (QED) is 0.756. The number of aliphatic hydroxyl groups is 1. The Morgan fingerprint density at radius 1 is 1.14 bits per heavy atom. The summed E-state index contributed by atoms with van der Waals surface area (Å²) in [6.07, 6.45) is 1.66. The SMILES string of the molecule is Cc1ccc(Br)cc1Oc1ncc(CO)c2ccccc12. The molecular formula is C17H14BrNO2. The molecule has 0 bridgehead atoms. The minimum Gasteiger partial charge on any atom is -0.438 e. The highest BCUT2D eigenvalue weighted by Gasteiger charge is 2.10. The number of aliphatic hydroxyl groups excluding tert-OH is 1. The summed E-state index contributed by atoms with van der Waals surface area (Å²) < 4.78 is 6.94. The molecule has 0 aliphatic carbocycles. The highest BCUT2D eigenvalue weighted by molar-refractivity contribution is 9.10. The van der Waals surface area contributed by atoms with Crippen LogP contribution in [0.2, 0.25) is 0 Å². The maximum Gasteiger partial charge on any atom is 0.227 e. The fourth-order valence-corrected chi connectivity index (χ4v) is 2.56. The molecule has 21 heavy (non-hydrogen) atoms. The Bertz CT molecular complexity index is 802. The molecule has 3 rings (SSSR count). The van der Waals surface area contributed by atoms with Crippen molar-refractivity contribution in [2.45, 2.75) is 13.5 Å². The molecule has 0 atom stereocenters. The van der Waals surface area contributed by atoms with Crippen molar-refractivity contribution in [2.75, 3.05) is 0 Å². The van der Waals surface area contributed by atoms with E-state index in [2.05, 4.69) is 20.9 Å². The molecule has 0 saturated carbocycles. The number of ether oxygens (including phenoxy) is 1. The van der Waals surface area contributed by atoms with E-state index in [0.29, 0.717) is 5.88 Å². The number of rotatable bonds is 3. The molecule has 0 radical (unpaired) electrons. The molecule has 1 heterocycles. The highest BCUT2D eigenvalue weighted by atomic mass is 79.9. The van der Waals surface area contributed by atoms with Crippen molar-refractivity contribution in [1.82, 2.24) is 4.98 Å². The number of aromatic nitrogens is 1. The Hall–Kier alpha value is -1.91. The molecule has 0 aliphatic rings. The van der Waals surface area contributed by atoms with Crippen LogP contribution in [0.25, 0.3) is 10.8 Å². The van der Waals surface area contributed by atoms with Gasteiger partial charge in [0.15, 0.2) is 0 Å². The summed E-state index contributed by atoms with van der Waals surface area (Å²) in [5.74, 6) is 1.31. The number of nitrogens with zero attached hydrogens (tertiary/aromatic N) is 1. The summed E-state index contributed by atoms with van der Waals surface area (Å²) in [4.78, 5) is 4.35. The van der Waals surface area contributed by atoms with Crippen LogP contribution < -0.4 is 4.74 Å². The molecular weight excluding hydrogens is 330 g/mol. The number of hydrogen-bond donors (Lipinski definition) is 1. The molecule has 3 nitrogen and oxygen atoms in total. The average Bonchev–Trinajstić information content (AvgIpc) is 2.51. The van der Waals surface area contributed by atoms with Crippen molar-refractivity contribution in [3.63, 3.8) is 0 Å². The summed E-state index contributed by atoms with van der Waals surface area (Å²) in [5.41, 5.74) is 1.83. The molecule has 0 unspecified atom stereocenters. The Morgan fingerprint density at radius 2 is 1.90 bits per heavy atom. The summed E-state index contributed by atoms with van der Waals surface area (Å²) in [7, 11) is 0. The second kappa shape index (κ2) is 5.84. The van der Waals surface area contributed by atoms with Gasteiger partial charge in [0, 0.05) is 21.6 Å². The van der Waals surface area contributed by atoms with Gasteiger partial charge in [0.25, 0.3) is 0 Å². The summed E-state index contributed by atoms with van der Waals surface area (Å²) in [5, 5.41) is 11.3. The Morgan fingerprint density at radius 3 is 2.67 bits per heavy atom. The van der Waals surface area contributed by atoms with Crippen LogP contribution in [-0.2, 0) is 6.61 Å². The zero-order chi connectivity index (χ0) is 14.8. The number of halogens is 1. The van der Waals surface area contributed by atoms with Gasteiger partial charge in [-0.1, -0.05) is 40.2 Å². The maximum absolute atomic E-state index is 9.41. The van der Waals surface area contributed by atoms with Gasteiger partial charge in [-0.05, 0) is 36.1 Å². The van der Waals surface area contributed by atoms with E-state index in [1.54, 1.807) is 6.20 Å². The molecule has 0 aliphatic heterocycles. The lowest BCUT2D eigenvalue weighted by Gasteiger charge is -2.12. The fourth-order valence-electron chi connectivity index (χ4n) is 2.22. The van der Waals surface area contributed by atoms with Gasteiger partial charge in [-0.15, -0.1) is 0 Å². The van der Waals surface area contributed by atoms with Crippen molar-refractivity contribution in [3.05, 3.63) is 64.3 Å². The number of pyridine rings is 1. The van der Waals surface area contributed by atoms with Gasteiger partial charge in [0.05, 0.1) is 6.61 Å². The smallest absolute Gasteiger partial charge is 0.227 e. The molecule has 0 saturated heterocycles. The first-order valence-electron chi connectivity index (χ1n) is 6.60. The van der Waals surface area contributed by atoms with Crippen LogP contribution in [0.15, 0.2) is 53.1 Å². The summed E-state index contributed by atoms with van der Waals surface area (Å²) >= 11 is 3.45. The van der Waals surface area contributed by atoms with Crippen molar-refractivity contribution >= 4 is 26.7 Å². The monoisotopic (exact) mass is 343 g/mol. The van der Waals surface area contributed by atoms with Crippen molar-refractivity contribution < 1.29 is 9.84 Å². The Labute approximate surface area is 131 Å². The number of aryl methyl sites for hydroxylation is 1. The van der Waals surface area contributed by atoms with E-state index in [1.807, 2.05) is 49.4 Å². The molecule has 1 aromatic heterocycles. The Balaban J connectivity index is 2.11. The lowest BCUT2D eigenvalue weighted by Crippen LogP contribution is -1.95. The van der Waals surface area contributed by atoms with Crippen LogP contribution in [0.4, 0.5) is 0 Å². The first-order valence-corrected chi connectivity index (χ1v) is 7.40. The largest absolute Gasteiger partial charge is 0.438 e. The minimum absolute atomic E-state index is 0.0380. The van der Waals surface area contributed by atoms with E-state index >= 15 is 0 Å². The number of hydrogen-bond acceptors (Lipinski definition) is 3. The second-order valence-corrected chi connectivity index (χ2v) is 5.72. The molecule has 4 heteroatoms. The molecule has 106 valence electrons. The third-order valence-corrected chi connectivity index (χ3v) is 3.86. The number of fused-ring (bicyclic) bond motifs is 1. The van der Waals surface area contributed by atoms with E-state index < -0.39 is 0 Å². The van der Waals surface area contributed by atoms with Crippen LogP contribution >= 0.6 is 15.9 Å². The van der Waals surface area contributed by atoms with Gasteiger partial charge < -0.3 is 9.84 Å². The zero-order valence-electron chi connectivity index (χ0n) is 11.5.